The van der Waals surface area contributed by atoms with Gasteiger partial charge in [-0.2, -0.15) is 5.26 Å². The number of anilines is 2. The number of nitriles is 1. The Kier molecular flexibility index (Phi) is 8.44. The Hall–Kier alpha value is -3.73. The Bertz CT molecular complexity index is 1120. The summed E-state index contributed by atoms with van der Waals surface area (Å²) in [6.07, 6.45) is 4.90. The van der Waals surface area contributed by atoms with Gasteiger partial charge < -0.3 is 20.3 Å². The second-order valence-corrected chi connectivity index (χ2v) is 8.67. The number of benzene rings is 2. The molecule has 7 heteroatoms. The van der Waals surface area contributed by atoms with Gasteiger partial charge in [-0.25, -0.2) is 4.98 Å². The quantitative estimate of drug-likeness (QED) is 0.491. The molecule has 2 heterocycles. The molecule has 7 nitrogen and oxygen atoms in total. The van der Waals surface area contributed by atoms with Crippen LogP contribution in [0.1, 0.15) is 35.6 Å². The molecule has 1 unspecified atom stereocenters. The Morgan fingerprint density at radius 3 is 2.49 bits per heavy atom. The molecule has 1 fully saturated rings. The summed E-state index contributed by atoms with van der Waals surface area (Å²) in [4.78, 5) is 20.0. The van der Waals surface area contributed by atoms with Gasteiger partial charge in [-0.3, -0.25) is 4.79 Å². The molecule has 0 radical (unpaired) electrons. The summed E-state index contributed by atoms with van der Waals surface area (Å²) in [6, 6.07) is 22.7. The number of hydrogen-bond acceptors (Lipinski definition) is 6. The van der Waals surface area contributed by atoms with E-state index in [0.29, 0.717) is 24.0 Å². The van der Waals surface area contributed by atoms with Crippen molar-refractivity contribution >= 4 is 17.4 Å². The fourth-order valence-electron chi connectivity index (χ4n) is 4.31. The molecule has 1 aromatic heterocycles. The normalized spacial score (nSPS) is 14.8. The standard InChI is InChI=1S/C28H31N5O2/c1-35-25-14-17-33(18-15-25)24-11-12-26(31-20-24)32-28(34)27(23-5-3-2-4-6-23)30-16-13-21-7-9-22(19-29)10-8-21/h2-12,20,25,27,30H,13-18H2,1H3,(H,31,32,34). The van der Waals surface area contributed by atoms with Crippen LogP contribution in [0, 0.1) is 11.3 Å². The maximum absolute atomic E-state index is 13.2. The first-order valence-corrected chi connectivity index (χ1v) is 12.0. The molecule has 180 valence electrons. The van der Waals surface area contributed by atoms with Crippen LogP contribution < -0.4 is 15.5 Å². The summed E-state index contributed by atoms with van der Waals surface area (Å²) >= 11 is 0. The molecule has 1 aliphatic rings. The van der Waals surface area contributed by atoms with Crippen molar-refractivity contribution in [1.29, 1.82) is 5.26 Å². The third-order valence-corrected chi connectivity index (χ3v) is 6.38. The Morgan fingerprint density at radius 2 is 1.86 bits per heavy atom. The molecular weight excluding hydrogens is 438 g/mol. The largest absolute Gasteiger partial charge is 0.381 e. The molecule has 0 spiro atoms. The number of ether oxygens (including phenoxy) is 1. The van der Waals surface area contributed by atoms with Crippen LogP contribution in [0.15, 0.2) is 72.9 Å². The van der Waals surface area contributed by atoms with Crippen molar-refractivity contribution in [3.8, 4) is 6.07 Å². The van der Waals surface area contributed by atoms with E-state index in [1.165, 1.54) is 0 Å². The van der Waals surface area contributed by atoms with Crippen LogP contribution in [0.4, 0.5) is 11.5 Å². The second kappa shape index (κ2) is 12.1. The van der Waals surface area contributed by atoms with Gasteiger partial charge in [0.05, 0.1) is 29.6 Å². The lowest BCUT2D eigenvalue weighted by molar-refractivity contribution is -0.118. The van der Waals surface area contributed by atoms with Crippen molar-refractivity contribution < 1.29 is 9.53 Å². The summed E-state index contributed by atoms with van der Waals surface area (Å²) in [7, 11) is 1.77. The first-order valence-electron chi connectivity index (χ1n) is 12.0. The Morgan fingerprint density at radius 1 is 1.11 bits per heavy atom. The van der Waals surface area contributed by atoms with E-state index in [1.54, 1.807) is 7.11 Å². The summed E-state index contributed by atoms with van der Waals surface area (Å²) in [5.41, 5.74) is 3.69. The maximum atomic E-state index is 13.2. The van der Waals surface area contributed by atoms with Crippen LogP contribution in [-0.4, -0.2) is 43.7 Å². The zero-order chi connectivity index (χ0) is 24.5. The van der Waals surface area contributed by atoms with Crippen molar-refractivity contribution in [3.63, 3.8) is 0 Å². The lowest BCUT2D eigenvalue weighted by Gasteiger charge is -2.32. The van der Waals surface area contributed by atoms with Gasteiger partial charge in [0.1, 0.15) is 11.9 Å². The van der Waals surface area contributed by atoms with Crippen molar-refractivity contribution in [2.24, 2.45) is 0 Å². The van der Waals surface area contributed by atoms with E-state index < -0.39 is 6.04 Å². The monoisotopic (exact) mass is 469 g/mol. The first-order chi connectivity index (χ1) is 17.2. The smallest absolute Gasteiger partial charge is 0.247 e. The maximum Gasteiger partial charge on any atom is 0.247 e. The van der Waals surface area contributed by atoms with E-state index in [1.807, 2.05) is 72.9 Å². The molecule has 2 aromatic carbocycles. The number of carbonyl (C=O) groups excluding carboxylic acids is 1. The average Bonchev–Trinajstić information content (AvgIpc) is 2.92. The van der Waals surface area contributed by atoms with Crippen LogP contribution >= 0.6 is 0 Å². The number of methoxy groups -OCH3 is 1. The van der Waals surface area contributed by atoms with Crippen LogP contribution in [0.25, 0.3) is 0 Å². The van der Waals surface area contributed by atoms with E-state index in [-0.39, 0.29) is 5.91 Å². The second-order valence-electron chi connectivity index (χ2n) is 8.67. The van der Waals surface area contributed by atoms with E-state index in [2.05, 4.69) is 26.6 Å². The van der Waals surface area contributed by atoms with E-state index in [4.69, 9.17) is 10.00 Å². The van der Waals surface area contributed by atoms with E-state index >= 15 is 0 Å². The highest BCUT2D eigenvalue weighted by Crippen LogP contribution is 2.22. The van der Waals surface area contributed by atoms with E-state index in [0.717, 1.165) is 49.2 Å². The number of rotatable bonds is 9. The van der Waals surface area contributed by atoms with Crippen LogP contribution in [0.5, 0.6) is 0 Å². The molecular formula is C28H31N5O2. The Labute approximate surface area is 206 Å². The minimum atomic E-state index is -0.510. The predicted molar refractivity (Wildman–Crippen MR) is 137 cm³/mol. The molecule has 1 aliphatic heterocycles. The van der Waals surface area contributed by atoms with Gasteiger partial charge in [0.15, 0.2) is 0 Å². The fraction of sp³-hybridized carbons (Fsp3) is 0.321. The van der Waals surface area contributed by atoms with Crippen LogP contribution in [0.3, 0.4) is 0 Å². The predicted octanol–water partition coefficient (Wildman–Crippen LogP) is 4.08. The molecule has 4 rings (SSSR count). The number of piperidine rings is 1. The van der Waals surface area contributed by atoms with Gasteiger partial charge in [-0.15, -0.1) is 0 Å². The lowest BCUT2D eigenvalue weighted by Crippen LogP contribution is -2.36. The van der Waals surface area contributed by atoms with Gasteiger partial charge >= 0.3 is 0 Å². The lowest BCUT2D eigenvalue weighted by atomic mass is 10.1. The molecule has 35 heavy (non-hydrogen) atoms. The zero-order valence-corrected chi connectivity index (χ0v) is 20.0. The highest BCUT2D eigenvalue weighted by atomic mass is 16.5. The number of nitrogens with one attached hydrogen (secondary N) is 2. The minimum absolute atomic E-state index is 0.155. The molecule has 1 atom stereocenters. The number of pyridine rings is 1. The molecule has 3 aromatic rings. The molecule has 2 N–H and O–H groups in total. The SMILES string of the molecule is COC1CCN(c2ccc(NC(=O)C(NCCc3ccc(C#N)cc3)c3ccccc3)nc2)CC1. The van der Waals surface area contributed by atoms with Crippen LogP contribution in [-0.2, 0) is 16.0 Å². The third-order valence-electron chi connectivity index (χ3n) is 6.38. The van der Waals surface area contributed by atoms with Gasteiger partial charge in [0, 0.05) is 26.7 Å². The van der Waals surface area contributed by atoms with Crippen molar-refractivity contribution in [1.82, 2.24) is 10.3 Å². The summed E-state index contributed by atoms with van der Waals surface area (Å²) in [6.45, 7) is 2.49. The number of carbonyl (C=O) groups is 1. The summed E-state index contributed by atoms with van der Waals surface area (Å²) in [5, 5.41) is 15.3. The van der Waals surface area contributed by atoms with Crippen molar-refractivity contribution in [3.05, 3.63) is 89.6 Å². The summed E-state index contributed by atoms with van der Waals surface area (Å²) < 4.78 is 5.45. The first kappa shape index (κ1) is 24.4. The molecule has 0 bridgehead atoms. The average molecular weight is 470 g/mol. The fourth-order valence-corrected chi connectivity index (χ4v) is 4.31. The highest BCUT2D eigenvalue weighted by Gasteiger charge is 2.21. The molecule has 0 saturated carbocycles. The molecule has 1 saturated heterocycles. The summed E-state index contributed by atoms with van der Waals surface area (Å²) in [5.74, 6) is 0.373. The highest BCUT2D eigenvalue weighted by molar-refractivity contribution is 5.94. The van der Waals surface area contributed by atoms with Crippen molar-refractivity contribution in [2.45, 2.75) is 31.4 Å². The number of amides is 1. The minimum Gasteiger partial charge on any atom is -0.381 e. The van der Waals surface area contributed by atoms with Crippen LogP contribution in [0.2, 0.25) is 0 Å². The van der Waals surface area contributed by atoms with Gasteiger partial charge in [-0.1, -0.05) is 42.5 Å². The van der Waals surface area contributed by atoms with Gasteiger partial charge in [-0.05, 0) is 54.7 Å². The van der Waals surface area contributed by atoms with Crippen molar-refractivity contribution in [2.75, 3.05) is 37.0 Å². The molecule has 0 aliphatic carbocycles. The Balaban J connectivity index is 1.37. The molecule has 1 amide bonds. The van der Waals surface area contributed by atoms with Gasteiger partial charge in [0.25, 0.3) is 0 Å². The zero-order valence-electron chi connectivity index (χ0n) is 20.0. The number of nitrogens with zero attached hydrogens (tertiary/aromatic N) is 3. The van der Waals surface area contributed by atoms with E-state index in [9.17, 15) is 4.79 Å². The number of aromatic nitrogens is 1. The number of hydrogen-bond donors (Lipinski definition) is 2. The third kappa shape index (κ3) is 6.66. The topological polar surface area (TPSA) is 90.3 Å². The van der Waals surface area contributed by atoms with Gasteiger partial charge in [0.2, 0.25) is 5.91 Å².